The first-order chi connectivity index (χ1) is 13.4. The van der Waals surface area contributed by atoms with E-state index in [2.05, 4.69) is 0 Å². The monoisotopic (exact) mass is 445 g/mol. The summed E-state index contributed by atoms with van der Waals surface area (Å²) < 4.78 is 34.3. The number of hydrogen-bond donors (Lipinski definition) is 2. The van der Waals surface area contributed by atoms with Crippen molar-refractivity contribution in [3.63, 3.8) is 0 Å². The maximum atomic E-state index is 14.1. The average Bonchev–Trinajstić information content (AvgIpc) is 2.78. The van der Waals surface area contributed by atoms with Gasteiger partial charge in [0.25, 0.3) is 0 Å². The van der Waals surface area contributed by atoms with Gasteiger partial charge in [-0.25, -0.2) is 4.39 Å². The summed E-state index contributed by atoms with van der Waals surface area (Å²) >= 11 is 0. The van der Waals surface area contributed by atoms with Gasteiger partial charge in [-0.2, -0.15) is 5.26 Å². The Balaban J connectivity index is 2.80. The summed E-state index contributed by atoms with van der Waals surface area (Å²) in [4.78, 5) is 0. The van der Waals surface area contributed by atoms with Gasteiger partial charge in [-0.3, -0.25) is 0 Å². The predicted octanol–water partition coefficient (Wildman–Crippen LogP) is 4.04. The second-order valence-electron chi connectivity index (χ2n) is 9.54. The maximum absolute atomic E-state index is 14.1. The fourth-order valence-corrected chi connectivity index (χ4v) is 16.1. The minimum absolute atomic E-state index is 0.0402. The van der Waals surface area contributed by atoms with Gasteiger partial charge in [-0.15, -0.1) is 0 Å². The largest absolute Gasteiger partial charge is 0.414 e. The number of aliphatic hydroxyl groups excluding tert-OH is 2. The van der Waals surface area contributed by atoms with E-state index >= 15 is 0 Å². The molecule has 1 saturated heterocycles. The summed E-state index contributed by atoms with van der Waals surface area (Å²) in [5, 5.41) is 30.9. The average molecular weight is 446 g/mol. The molecule has 0 radical (unpaired) electrons. The van der Waals surface area contributed by atoms with Crippen LogP contribution in [0, 0.1) is 16.7 Å². The SMILES string of the molecule is CC(C)[Si]1(C(C)C)O[C@H]2[C@@H](O[Si](C(C)C)(C(C)C)O1)/C(=C/F)[C@](C#N)(CO)[C@H]2O. The maximum Gasteiger partial charge on any atom is 0.335 e. The normalized spacial score (nSPS) is 35.4. The highest BCUT2D eigenvalue weighted by Gasteiger charge is 2.68. The van der Waals surface area contributed by atoms with Gasteiger partial charge in [0.2, 0.25) is 0 Å². The van der Waals surface area contributed by atoms with Gasteiger partial charge in [0.15, 0.2) is 0 Å². The van der Waals surface area contributed by atoms with Gasteiger partial charge in [0.1, 0.15) is 23.7 Å². The Hall–Kier alpha value is -0.606. The summed E-state index contributed by atoms with van der Waals surface area (Å²) in [6, 6.07) is 1.95. The van der Waals surface area contributed by atoms with Gasteiger partial charge in [0, 0.05) is 5.57 Å². The van der Waals surface area contributed by atoms with Crippen molar-refractivity contribution in [1.29, 1.82) is 5.26 Å². The first-order valence-corrected chi connectivity index (χ1v) is 14.4. The fourth-order valence-electron chi connectivity index (χ4n) is 4.87. The molecule has 2 rings (SSSR count). The van der Waals surface area contributed by atoms with E-state index in [1.165, 1.54) is 0 Å². The van der Waals surface area contributed by atoms with E-state index in [0.29, 0.717) is 6.33 Å². The molecule has 9 heteroatoms. The predicted molar refractivity (Wildman–Crippen MR) is 113 cm³/mol. The van der Waals surface area contributed by atoms with Crippen molar-refractivity contribution in [3.8, 4) is 6.07 Å². The number of halogens is 1. The third-order valence-electron chi connectivity index (χ3n) is 6.67. The number of rotatable bonds is 5. The molecule has 0 bridgehead atoms. The van der Waals surface area contributed by atoms with E-state index < -0.39 is 47.5 Å². The van der Waals surface area contributed by atoms with Crippen molar-refractivity contribution in [2.75, 3.05) is 6.61 Å². The summed E-state index contributed by atoms with van der Waals surface area (Å²) in [6.07, 6.45) is -3.05. The van der Waals surface area contributed by atoms with Crippen molar-refractivity contribution in [1.82, 2.24) is 0 Å². The first kappa shape index (κ1) is 24.7. The number of hydrogen-bond acceptors (Lipinski definition) is 6. The van der Waals surface area contributed by atoms with E-state index in [4.69, 9.17) is 13.0 Å². The zero-order valence-corrected chi connectivity index (χ0v) is 20.8. The number of aliphatic hydroxyl groups is 2. The first-order valence-electron chi connectivity index (χ1n) is 10.5. The Morgan fingerprint density at radius 2 is 1.48 bits per heavy atom. The van der Waals surface area contributed by atoms with Crippen molar-refractivity contribution < 1.29 is 27.6 Å². The lowest BCUT2D eigenvalue weighted by Gasteiger charge is -2.46. The molecule has 1 aliphatic carbocycles. The third kappa shape index (κ3) is 3.47. The fraction of sp³-hybridized carbons (Fsp3) is 0.850. The summed E-state index contributed by atoms with van der Waals surface area (Å²) in [6.45, 7) is 15.6. The molecule has 29 heavy (non-hydrogen) atoms. The quantitative estimate of drug-likeness (QED) is 0.621. The molecule has 4 atom stereocenters. The van der Waals surface area contributed by atoms with E-state index in [9.17, 15) is 19.9 Å². The Morgan fingerprint density at radius 3 is 1.83 bits per heavy atom. The highest BCUT2D eigenvalue weighted by Crippen LogP contribution is 2.54. The van der Waals surface area contributed by atoms with Crippen LogP contribution in [0.4, 0.5) is 4.39 Å². The molecule has 0 unspecified atom stereocenters. The van der Waals surface area contributed by atoms with Crippen molar-refractivity contribution in [2.45, 2.75) is 95.9 Å². The van der Waals surface area contributed by atoms with E-state index in [-0.39, 0.29) is 27.7 Å². The second-order valence-corrected chi connectivity index (χ2v) is 18.3. The van der Waals surface area contributed by atoms with Gasteiger partial charge in [-0.1, -0.05) is 55.4 Å². The second kappa shape index (κ2) is 8.50. The smallest absolute Gasteiger partial charge is 0.335 e. The van der Waals surface area contributed by atoms with E-state index in [0.717, 1.165) is 0 Å². The highest BCUT2D eigenvalue weighted by molar-refractivity contribution is 6.84. The Bertz CT molecular complexity index is 662. The molecule has 1 heterocycles. The van der Waals surface area contributed by atoms with Crippen LogP contribution in [-0.2, 0) is 13.0 Å². The molecule has 1 aliphatic heterocycles. The summed E-state index contributed by atoms with van der Waals surface area (Å²) in [7, 11) is -5.95. The van der Waals surface area contributed by atoms with E-state index in [1.807, 2.05) is 61.5 Å². The Kier molecular flexibility index (Phi) is 7.22. The van der Waals surface area contributed by atoms with Crippen LogP contribution in [0.3, 0.4) is 0 Å². The molecule has 2 aliphatic rings. The lowest BCUT2D eigenvalue weighted by molar-refractivity contribution is -0.0314. The standard InChI is InChI=1S/C20H36FNO5Si2/c1-12(2)28(13(3)4)25-17-16(9-21)20(10-22,11-23)19(24)18(17)26-29(27-28,14(5)6)15(7)8/h9,12-15,17-19,23-24H,11H2,1-8H3/b16-9-/t17-,18-,19-,20-/m0/s1. The highest BCUT2D eigenvalue weighted by atomic mass is 28.5. The number of fused-ring (bicyclic) bond motifs is 1. The molecule has 0 aromatic rings. The Labute approximate surface area is 176 Å². The zero-order valence-electron chi connectivity index (χ0n) is 18.8. The Morgan fingerprint density at radius 1 is 1.03 bits per heavy atom. The zero-order chi connectivity index (χ0) is 22.4. The molecule has 166 valence electrons. The molecule has 0 aromatic carbocycles. The molecule has 2 N–H and O–H groups in total. The van der Waals surface area contributed by atoms with Crippen molar-refractivity contribution >= 4 is 17.1 Å². The van der Waals surface area contributed by atoms with Crippen LogP contribution >= 0.6 is 0 Å². The molecule has 0 aromatic heterocycles. The van der Waals surface area contributed by atoms with Crippen molar-refractivity contribution in [2.24, 2.45) is 5.41 Å². The van der Waals surface area contributed by atoms with Crippen LogP contribution in [0.15, 0.2) is 11.9 Å². The molecular weight excluding hydrogens is 409 g/mol. The number of nitrogens with zero attached hydrogens (tertiary/aromatic N) is 1. The molecule has 2 fully saturated rings. The van der Waals surface area contributed by atoms with Crippen molar-refractivity contribution in [3.05, 3.63) is 11.9 Å². The van der Waals surface area contributed by atoms with Gasteiger partial charge >= 0.3 is 17.1 Å². The van der Waals surface area contributed by atoms with E-state index in [1.54, 1.807) is 0 Å². The minimum atomic E-state index is -2.98. The van der Waals surface area contributed by atoms with Gasteiger partial charge < -0.3 is 23.2 Å². The van der Waals surface area contributed by atoms with Crippen LogP contribution in [-0.4, -0.2) is 52.3 Å². The van der Waals surface area contributed by atoms with Crippen LogP contribution in [0.25, 0.3) is 0 Å². The van der Waals surface area contributed by atoms with Crippen LogP contribution < -0.4 is 0 Å². The lowest BCUT2D eigenvalue weighted by Crippen LogP contribution is -2.60. The summed E-state index contributed by atoms with van der Waals surface area (Å²) in [5.74, 6) is 0. The lowest BCUT2D eigenvalue weighted by atomic mass is 9.83. The molecule has 0 spiro atoms. The summed E-state index contributed by atoms with van der Waals surface area (Å²) in [5.41, 5.74) is -1.67. The molecule has 6 nitrogen and oxygen atoms in total. The van der Waals surface area contributed by atoms with Crippen LogP contribution in [0.1, 0.15) is 55.4 Å². The van der Waals surface area contributed by atoms with Crippen LogP contribution in [0.5, 0.6) is 0 Å². The van der Waals surface area contributed by atoms with Crippen LogP contribution in [0.2, 0.25) is 22.2 Å². The van der Waals surface area contributed by atoms with Gasteiger partial charge in [-0.05, 0) is 22.2 Å². The minimum Gasteiger partial charge on any atom is -0.414 e. The van der Waals surface area contributed by atoms with Gasteiger partial charge in [0.05, 0.1) is 19.0 Å². The molecular formula is C20H36FNO5Si2. The number of nitriles is 1. The third-order valence-corrected chi connectivity index (χ3v) is 16.9. The molecule has 1 saturated carbocycles. The molecule has 0 amide bonds. The topological polar surface area (TPSA) is 91.9 Å².